The lowest BCUT2D eigenvalue weighted by molar-refractivity contribution is 0.0547. The van der Waals surface area contributed by atoms with Crippen molar-refractivity contribution in [3.63, 3.8) is 0 Å². The Morgan fingerprint density at radius 2 is 2.00 bits per heavy atom. The first-order valence-electron chi connectivity index (χ1n) is 5.87. The van der Waals surface area contributed by atoms with Gasteiger partial charge in [-0.25, -0.2) is 4.98 Å². The Balaban J connectivity index is 2.23. The van der Waals surface area contributed by atoms with Gasteiger partial charge in [0.05, 0.1) is 24.4 Å². The van der Waals surface area contributed by atoms with E-state index >= 15 is 0 Å². The van der Waals surface area contributed by atoms with Crippen molar-refractivity contribution in [2.24, 2.45) is 11.7 Å². The van der Waals surface area contributed by atoms with Gasteiger partial charge in [-0.3, -0.25) is 0 Å². The van der Waals surface area contributed by atoms with Gasteiger partial charge in [-0.1, -0.05) is 6.92 Å². The SMILES string of the molecule is CC(N)c1ncc(C2C(C)OC(C)C2C)o1. The molecule has 1 aliphatic rings. The van der Waals surface area contributed by atoms with Crippen LogP contribution in [-0.2, 0) is 4.74 Å². The molecule has 5 atom stereocenters. The van der Waals surface area contributed by atoms with Gasteiger partial charge in [0.2, 0.25) is 5.89 Å². The summed E-state index contributed by atoms with van der Waals surface area (Å²) in [6.45, 7) is 8.24. The van der Waals surface area contributed by atoms with E-state index in [2.05, 4.69) is 25.8 Å². The minimum Gasteiger partial charge on any atom is -0.444 e. The third-order valence-electron chi connectivity index (χ3n) is 3.50. The molecule has 1 aliphatic heterocycles. The highest BCUT2D eigenvalue weighted by Gasteiger charge is 2.40. The molecule has 0 aromatic carbocycles. The molecule has 1 fully saturated rings. The van der Waals surface area contributed by atoms with Gasteiger partial charge < -0.3 is 14.9 Å². The Morgan fingerprint density at radius 3 is 2.44 bits per heavy atom. The van der Waals surface area contributed by atoms with Crippen LogP contribution in [0.2, 0.25) is 0 Å². The average Bonchev–Trinajstić information content (AvgIpc) is 2.74. The summed E-state index contributed by atoms with van der Waals surface area (Å²) in [6, 6.07) is -0.154. The van der Waals surface area contributed by atoms with E-state index in [4.69, 9.17) is 14.9 Å². The standard InChI is InChI=1S/C12H20N2O2/c1-6-8(3)15-9(4)11(6)10-5-14-12(16-10)7(2)13/h5-9,11H,13H2,1-4H3. The van der Waals surface area contributed by atoms with Crippen molar-refractivity contribution in [1.29, 1.82) is 0 Å². The van der Waals surface area contributed by atoms with Gasteiger partial charge >= 0.3 is 0 Å². The van der Waals surface area contributed by atoms with E-state index < -0.39 is 0 Å². The summed E-state index contributed by atoms with van der Waals surface area (Å²) in [5.74, 6) is 2.24. The summed E-state index contributed by atoms with van der Waals surface area (Å²) in [4.78, 5) is 4.21. The lowest BCUT2D eigenvalue weighted by Crippen LogP contribution is -2.14. The minimum atomic E-state index is -0.154. The zero-order chi connectivity index (χ0) is 11.9. The normalized spacial score (nSPS) is 36.6. The molecule has 5 unspecified atom stereocenters. The number of hydrogen-bond acceptors (Lipinski definition) is 4. The highest BCUT2D eigenvalue weighted by Crippen LogP contribution is 2.40. The van der Waals surface area contributed by atoms with Gasteiger partial charge in [-0.2, -0.15) is 0 Å². The number of nitrogens with zero attached hydrogens (tertiary/aromatic N) is 1. The minimum absolute atomic E-state index is 0.154. The van der Waals surface area contributed by atoms with Crippen molar-refractivity contribution < 1.29 is 9.15 Å². The van der Waals surface area contributed by atoms with Crippen molar-refractivity contribution in [2.45, 2.75) is 51.9 Å². The van der Waals surface area contributed by atoms with Crippen LogP contribution in [-0.4, -0.2) is 17.2 Å². The van der Waals surface area contributed by atoms with Crippen LogP contribution in [0.25, 0.3) is 0 Å². The van der Waals surface area contributed by atoms with Crippen LogP contribution >= 0.6 is 0 Å². The van der Waals surface area contributed by atoms with E-state index in [-0.39, 0.29) is 24.2 Å². The number of rotatable bonds is 2. The topological polar surface area (TPSA) is 61.3 Å². The largest absolute Gasteiger partial charge is 0.444 e. The molecule has 1 saturated heterocycles. The lowest BCUT2D eigenvalue weighted by atomic mass is 9.88. The first-order chi connectivity index (χ1) is 7.50. The lowest BCUT2D eigenvalue weighted by Gasteiger charge is -2.14. The molecule has 1 aromatic heterocycles. The molecule has 4 heteroatoms. The fraction of sp³-hybridized carbons (Fsp3) is 0.750. The predicted molar refractivity (Wildman–Crippen MR) is 61.0 cm³/mol. The summed E-state index contributed by atoms with van der Waals surface area (Å²) in [5.41, 5.74) is 5.73. The molecule has 2 N–H and O–H groups in total. The molecular weight excluding hydrogens is 204 g/mol. The van der Waals surface area contributed by atoms with Crippen LogP contribution in [0.3, 0.4) is 0 Å². The second kappa shape index (κ2) is 4.18. The third-order valence-corrected chi connectivity index (χ3v) is 3.50. The maximum absolute atomic E-state index is 5.79. The summed E-state index contributed by atoms with van der Waals surface area (Å²) in [6.07, 6.45) is 2.24. The van der Waals surface area contributed by atoms with Crippen LogP contribution < -0.4 is 5.73 Å². The van der Waals surface area contributed by atoms with Crippen LogP contribution in [0.4, 0.5) is 0 Å². The van der Waals surface area contributed by atoms with Crippen LogP contribution in [0.5, 0.6) is 0 Å². The molecule has 16 heavy (non-hydrogen) atoms. The molecule has 0 aliphatic carbocycles. The molecule has 1 aromatic rings. The highest BCUT2D eigenvalue weighted by molar-refractivity contribution is 5.10. The van der Waals surface area contributed by atoms with Crippen LogP contribution in [0.1, 0.15) is 51.3 Å². The van der Waals surface area contributed by atoms with E-state index in [9.17, 15) is 0 Å². The molecule has 90 valence electrons. The molecule has 0 saturated carbocycles. The number of nitrogens with two attached hydrogens (primary N) is 1. The molecule has 0 amide bonds. The zero-order valence-electron chi connectivity index (χ0n) is 10.3. The van der Waals surface area contributed by atoms with E-state index in [0.717, 1.165) is 5.76 Å². The van der Waals surface area contributed by atoms with Gasteiger partial charge in [-0.15, -0.1) is 0 Å². The quantitative estimate of drug-likeness (QED) is 0.836. The van der Waals surface area contributed by atoms with Crippen molar-refractivity contribution in [1.82, 2.24) is 4.98 Å². The smallest absolute Gasteiger partial charge is 0.211 e. The van der Waals surface area contributed by atoms with Crippen LogP contribution in [0.15, 0.2) is 10.6 Å². The molecule has 4 nitrogen and oxygen atoms in total. The Hall–Kier alpha value is -0.870. The summed E-state index contributed by atoms with van der Waals surface area (Å²) in [5, 5.41) is 0. The van der Waals surface area contributed by atoms with Gasteiger partial charge in [0.25, 0.3) is 0 Å². The summed E-state index contributed by atoms with van der Waals surface area (Å²) in [7, 11) is 0. The molecule has 0 bridgehead atoms. The molecule has 2 rings (SSSR count). The molecular formula is C12H20N2O2. The van der Waals surface area contributed by atoms with E-state index in [1.807, 2.05) is 6.92 Å². The first-order valence-corrected chi connectivity index (χ1v) is 5.87. The monoisotopic (exact) mass is 224 g/mol. The van der Waals surface area contributed by atoms with Gasteiger partial charge in [0, 0.05) is 5.92 Å². The number of aromatic nitrogens is 1. The average molecular weight is 224 g/mol. The molecule has 0 radical (unpaired) electrons. The second-order valence-electron chi connectivity index (χ2n) is 4.82. The Bertz CT molecular complexity index is 362. The van der Waals surface area contributed by atoms with Crippen molar-refractivity contribution in [2.75, 3.05) is 0 Å². The van der Waals surface area contributed by atoms with E-state index in [1.54, 1.807) is 6.20 Å². The Morgan fingerprint density at radius 1 is 1.31 bits per heavy atom. The van der Waals surface area contributed by atoms with Crippen molar-refractivity contribution >= 4 is 0 Å². The number of hydrogen-bond donors (Lipinski definition) is 1. The molecule has 2 heterocycles. The Labute approximate surface area is 96.2 Å². The highest BCUT2D eigenvalue weighted by atomic mass is 16.5. The van der Waals surface area contributed by atoms with Crippen LogP contribution in [0, 0.1) is 5.92 Å². The van der Waals surface area contributed by atoms with Crippen molar-refractivity contribution in [3.8, 4) is 0 Å². The third kappa shape index (κ3) is 1.87. The van der Waals surface area contributed by atoms with Gasteiger partial charge in [0.1, 0.15) is 5.76 Å². The Kier molecular flexibility index (Phi) is 3.04. The van der Waals surface area contributed by atoms with E-state index in [0.29, 0.717) is 11.8 Å². The van der Waals surface area contributed by atoms with Gasteiger partial charge in [-0.05, 0) is 26.7 Å². The summed E-state index contributed by atoms with van der Waals surface area (Å²) >= 11 is 0. The number of ether oxygens (including phenoxy) is 1. The van der Waals surface area contributed by atoms with Crippen molar-refractivity contribution in [3.05, 3.63) is 17.8 Å². The van der Waals surface area contributed by atoms with E-state index in [1.165, 1.54) is 0 Å². The fourth-order valence-corrected chi connectivity index (χ4v) is 2.42. The fourth-order valence-electron chi connectivity index (χ4n) is 2.42. The van der Waals surface area contributed by atoms with Gasteiger partial charge in [0.15, 0.2) is 0 Å². The molecule has 0 spiro atoms. The second-order valence-corrected chi connectivity index (χ2v) is 4.82. The first kappa shape index (κ1) is 11.6. The predicted octanol–water partition coefficient (Wildman–Crippen LogP) is 2.22. The number of oxazole rings is 1. The maximum Gasteiger partial charge on any atom is 0.211 e. The maximum atomic E-state index is 5.79. The summed E-state index contributed by atoms with van der Waals surface area (Å²) < 4.78 is 11.5. The zero-order valence-corrected chi connectivity index (χ0v) is 10.3.